The second-order valence-electron chi connectivity index (χ2n) is 5.88. The Bertz CT molecular complexity index is 1110. The quantitative estimate of drug-likeness (QED) is 0.587. The van der Waals surface area contributed by atoms with Gasteiger partial charge in [0.15, 0.2) is 5.82 Å². The van der Waals surface area contributed by atoms with Crippen LogP contribution in [0.25, 0.3) is 34.7 Å². The third-order valence-electron chi connectivity index (χ3n) is 4.40. The van der Waals surface area contributed by atoms with Crippen molar-refractivity contribution in [3.63, 3.8) is 0 Å². The van der Waals surface area contributed by atoms with Crippen LogP contribution in [0.1, 0.15) is 17.9 Å². The van der Waals surface area contributed by atoms with Crippen LogP contribution in [-0.2, 0) is 0 Å². The predicted molar refractivity (Wildman–Crippen MR) is 91.2 cm³/mol. The molecule has 0 aliphatic heterocycles. The summed E-state index contributed by atoms with van der Waals surface area (Å²) in [6.45, 7) is 0. The van der Waals surface area contributed by atoms with Gasteiger partial charge >= 0.3 is 0 Å². The number of pyridine rings is 2. The van der Waals surface area contributed by atoms with Crippen LogP contribution in [0.3, 0.4) is 0 Å². The second-order valence-corrected chi connectivity index (χ2v) is 5.88. The molecule has 0 bridgehead atoms. The Balaban J connectivity index is 1.67. The summed E-state index contributed by atoms with van der Waals surface area (Å²) in [5.74, 6) is 1.06. The van der Waals surface area contributed by atoms with Crippen molar-refractivity contribution in [2.75, 3.05) is 0 Å². The maximum atomic E-state index is 4.64. The van der Waals surface area contributed by atoms with E-state index in [2.05, 4.69) is 48.4 Å². The zero-order chi connectivity index (χ0) is 15.9. The lowest BCUT2D eigenvalue weighted by Gasteiger charge is -2.12. The monoisotopic (exact) mass is 314 g/mol. The zero-order valence-corrected chi connectivity index (χ0v) is 12.8. The number of rotatable bonds is 2. The molecular formula is C18H14N6. The van der Waals surface area contributed by atoms with Crippen molar-refractivity contribution < 1.29 is 0 Å². The number of hydrogen-bond donors (Lipinski definition) is 2. The van der Waals surface area contributed by atoms with Gasteiger partial charge < -0.3 is 4.98 Å². The smallest absolute Gasteiger partial charge is 0.159 e. The predicted octanol–water partition coefficient (Wildman–Crippen LogP) is 1.49. The molecule has 4 heterocycles. The lowest BCUT2D eigenvalue weighted by Crippen LogP contribution is -2.28. The molecule has 4 aromatic heterocycles. The largest absolute Gasteiger partial charge is 0.335 e. The zero-order valence-electron chi connectivity index (χ0n) is 12.8. The molecule has 116 valence electrons. The third kappa shape index (κ3) is 2.04. The van der Waals surface area contributed by atoms with Gasteiger partial charge in [-0.1, -0.05) is 18.2 Å². The molecule has 1 aliphatic carbocycles. The Labute approximate surface area is 137 Å². The van der Waals surface area contributed by atoms with Gasteiger partial charge in [0, 0.05) is 29.7 Å². The highest BCUT2D eigenvalue weighted by atomic mass is 15.1. The molecule has 0 aromatic carbocycles. The fourth-order valence-corrected chi connectivity index (χ4v) is 3.18. The van der Waals surface area contributed by atoms with Gasteiger partial charge in [-0.15, -0.1) is 0 Å². The van der Waals surface area contributed by atoms with Crippen LogP contribution >= 0.6 is 0 Å². The van der Waals surface area contributed by atoms with Crippen molar-refractivity contribution in [1.29, 1.82) is 0 Å². The molecule has 1 atom stereocenters. The van der Waals surface area contributed by atoms with E-state index in [0.29, 0.717) is 5.92 Å². The first-order valence-electron chi connectivity index (χ1n) is 7.85. The molecule has 0 amide bonds. The molecule has 2 N–H and O–H groups in total. The summed E-state index contributed by atoms with van der Waals surface area (Å²) in [4.78, 5) is 16.3. The van der Waals surface area contributed by atoms with Gasteiger partial charge in [-0.2, -0.15) is 5.10 Å². The van der Waals surface area contributed by atoms with Gasteiger partial charge in [0.1, 0.15) is 5.69 Å². The third-order valence-corrected chi connectivity index (χ3v) is 4.40. The van der Waals surface area contributed by atoms with Gasteiger partial charge in [-0.3, -0.25) is 15.1 Å². The molecule has 0 saturated carbocycles. The van der Waals surface area contributed by atoms with Gasteiger partial charge in [-0.25, -0.2) is 4.98 Å². The highest BCUT2D eigenvalue weighted by Crippen LogP contribution is 2.23. The molecule has 0 saturated heterocycles. The van der Waals surface area contributed by atoms with Crippen LogP contribution in [0.4, 0.5) is 0 Å². The maximum absolute atomic E-state index is 4.64. The maximum Gasteiger partial charge on any atom is 0.159 e. The first-order chi connectivity index (χ1) is 11.9. The fraction of sp³-hybridized carbons (Fsp3) is 0.111. The van der Waals surface area contributed by atoms with Crippen molar-refractivity contribution in [3.05, 3.63) is 59.1 Å². The summed E-state index contributed by atoms with van der Waals surface area (Å²) in [5, 5.41) is 9.72. The van der Waals surface area contributed by atoms with Crippen molar-refractivity contribution >= 4 is 23.2 Å². The standard InChI is InChI=1S/C18H14N6/c1-2-12(9-19-6-1)11-3-4-14-13(8-11)17(24-23-14)18-21-15-5-7-20-10-16(15)22-18/h1-2,4-11,23H,3H2,(H,21,22). The fourth-order valence-electron chi connectivity index (χ4n) is 3.18. The van der Waals surface area contributed by atoms with E-state index in [4.69, 9.17) is 0 Å². The molecule has 6 nitrogen and oxygen atoms in total. The number of fused-ring (bicyclic) bond motifs is 2. The second kappa shape index (κ2) is 5.13. The van der Waals surface area contributed by atoms with E-state index < -0.39 is 0 Å². The lowest BCUT2D eigenvalue weighted by molar-refractivity contribution is 0.905. The van der Waals surface area contributed by atoms with E-state index in [1.54, 1.807) is 18.6 Å². The van der Waals surface area contributed by atoms with Gasteiger partial charge in [0.25, 0.3) is 0 Å². The van der Waals surface area contributed by atoms with E-state index in [-0.39, 0.29) is 0 Å². The van der Waals surface area contributed by atoms with Crippen LogP contribution in [-0.4, -0.2) is 30.1 Å². The molecule has 1 unspecified atom stereocenters. The molecule has 4 aromatic rings. The molecular weight excluding hydrogens is 300 g/mol. The topological polar surface area (TPSA) is 83.1 Å². The average Bonchev–Trinajstić information content (AvgIpc) is 3.25. The lowest BCUT2D eigenvalue weighted by atomic mass is 9.93. The van der Waals surface area contributed by atoms with Gasteiger partial charge in [0.05, 0.1) is 22.6 Å². The van der Waals surface area contributed by atoms with Crippen molar-refractivity contribution in [3.8, 4) is 11.5 Å². The Morgan fingerprint density at radius 2 is 2.04 bits per heavy atom. The Morgan fingerprint density at radius 3 is 2.92 bits per heavy atom. The van der Waals surface area contributed by atoms with E-state index in [0.717, 1.165) is 39.5 Å². The molecule has 5 rings (SSSR count). The SMILES string of the molecule is C1=c2[nH]nc(-c3nc4ccncc4[nH]3)c2=CC(c2cccnc2)C1. The highest BCUT2D eigenvalue weighted by molar-refractivity contribution is 5.77. The number of nitrogens with one attached hydrogen (secondary N) is 2. The van der Waals surface area contributed by atoms with Gasteiger partial charge in [0.2, 0.25) is 0 Å². The van der Waals surface area contributed by atoms with Gasteiger partial charge in [-0.05, 0) is 24.1 Å². The van der Waals surface area contributed by atoms with Crippen molar-refractivity contribution in [2.24, 2.45) is 0 Å². The summed E-state index contributed by atoms with van der Waals surface area (Å²) in [6.07, 6.45) is 12.6. The van der Waals surface area contributed by atoms with E-state index >= 15 is 0 Å². The first kappa shape index (κ1) is 13.2. The van der Waals surface area contributed by atoms with Crippen LogP contribution < -0.4 is 10.6 Å². The summed E-state index contributed by atoms with van der Waals surface area (Å²) in [5.41, 5.74) is 3.85. The minimum Gasteiger partial charge on any atom is -0.335 e. The van der Waals surface area contributed by atoms with Crippen molar-refractivity contribution in [1.82, 2.24) is 30.1 Å². The summed E-state index contributed by atoms with van der Waals surface area (Å²) >= 11 is 0. The van der Waals surface area contributed by atoms with Crippen molar-refractivity contribution in [2.45, 2.75) is 12.3 Å². The normalized spacial score (nSPS) is 16.4. The Hall–Kier alpha value is -3.28. The number of aromatic amines is 2. The molecule has 24 heavy (non-hydrogen) atoms. The highest BCUT2D eigenvalue weighted by Gasteiger charge is 2.16. The molecule has 0 fully saturated rings. The summed E-state index contributed by atoms with van der Waals surface area (Å²) < 4.78 is 0. The number of aromatic nitrogens is 6. The number of imidazole rings is 1. The molecule has 6 heteroatoms. The van der Waals surface area contributed by atoms with E-state index in [1.165, 1.54) is 5.56 Å². The van der Waals surface area contributed by atoms with E-state index in [1.807, 2.05) is 18.3 Å². The number of H-pyrrole nitrogens is 2. The summed E-state index contributed by atoms with van der Waals surface area (Å²) in [6, 6.07) is 5.98. The van der Waals surface area contributed by atoms with Crippen LogP contribution in [0.15, 0.2) is 43.0 Å². The minimum absolute atomic E-state index is 0.300. The number of hydrogen-bond acceptors (Lipinski definition) is 4. The van der Waals surface area contributed by atoms with Crippen LogP contribution in [0.2, 0.25) is 0 Å². The molecule has 0 spiro atoms. The van der Waals surface area contributed by atoms with Crippen LogP contribution in [0, 0.1) is 0 Å². The summed E-state index contributed by atoms with van der Waals surface area (Å²) in [7, 11) is 0. The minimum atomic E-state index is 0.300. The molecule has 1 aliphatic rings. The Morgan fingerprint density at radius 1 is 1.08 bits per heavy atom. The van der Waals surface area contributed by atoms with Crippen LogP contribution in [0.5, 0.6) is 0 Å². The molecule has 0 radical (unpaired) electrons. The average molecular weight is 314 g/mol. The first-order valence-corrected chi connectivity index (χ1v) is 7.85. The Kier molecular flexibility index (Phi) is 2.82. The number of nitrogens with zero attached hydrogens (tertiary/aromatic N) is 4. The van der Waals surface area contributed by atoms with E-state index in [9.17, 15) is 0 Å².